The molecule has 4 nitrogen and oxygen atoms in total. The molecule has 2 aromatic rings. The minimum absolute atomic E-state index is 0.101. The summed E-state index contributed by atoms with van der Waals surface area (Å²) in [6, 6.07) is 14.2. The van der Waals surface area contributed by atoms with Crippen LogP contribution in [0.25, 0.3) is 0 Å². The predicted molar refractivity (Wildman–Crippen MR) is 90.0 cm³/mol. The van der Waals surface area contributed by atoms with Crippen LogP contribution in [0.5, 0.6) is 0 Å². The summed E-state index contributed by atoms with van der Waals surface area (Å²) in [4.78, 5) is 18.5. The third-order valence-corrected chi connectivity index (χ3v) is 3.36. The number of hydrogen-bond donors (Lipinski definition) is 1. The summed E-state index contributed by atoms with van der Waals surface area (Å²) in [5, 5.41) is 2.87. The van der Waals surface area contributed by atoms with Crippen molar-refractivity contribution >= 4 is 11.6 Å². The van der Waals surface area contributed by atoms with Crippen LogP contribution in [0, 0.1) is 0 Å². The number of nitrogens with zero attached hydrogens (tertiary/aromatic N) is 2. The van der Waals surface area contributed by atoms with Crippen LogP contribution in [0.15, 0.2) is 48.7 Å². The molecule has 2 rings (SSSR count). The summed E-state index contributed by atoms with van der Waals surface area (Å²) in [5.41, 5.74) is 2.71. The molecule has 0 aliphatic rings. The molecule has 1 heterocycles. The van der Waals surface area contributed by atoms with Gasteiger partial charge in [0.25, 0.3) is 5.91 Å². The molecule has 1 N–H and O–H groups in total. The summed E-state index contributed by atoms with van der Waals surface area (Å²) in [6.07, 6.45) is 1.69. The highest BCUT2D eigenvalue weighted by Gasteiger charge is 2.12. The van der Waals surface area contributed by atoms with E-state index in [9.17, 15) is 4.79 Å². The standard InChI is InChI=1S/C18H23N3O/c1-4-21(13-15-8-6-5-7-9-15)16-10-11-19-17(12-16)18(22)20-14(2)3/h5-12,14H,4,13H2,1-3H3,(H,20,22). The van der Waals surface area contributed by atoms with Gasteiger partial charge in [0.1, 0.15) is 5.69 Å². The Labute approximate surface area is 132 Å². The first-order valence-electron chi connectivity index (χ1n) is 7.66. The maximum absolute atomic E-state index is 12.1. The van der Waals surface area contributed by atoms with Gasteiger partial charge >= 0.3 is 0 Å². The molecule has 116 valence electrons. The molecule has 1 aromatic carbocycles. The van der Waals surface area contributed by atoms with Crippen LogP contribution in [0.3, 0.4) is 0 Å². The Morgan fingerprint density at radius 3 is 2.59 bits per heavy atom. The minimum Gasteiger partial charge on any atom is -0.367 e. The molecule has 0 aliphatic carbocycles. The van der Waals surface area contributed by atoms with Crippen LogP contribution in [0.1, 0.15) is 36.8 Å². The molecule has 0 spiro atoms. The lowest BCUT2D eigenvalue weighted by Gasteiger charge is -2.23. The molecular weight excluding hydrogens is 274 g/mol. The van der Waals surface area contributed by atoms with Crippen LogP contribution in [0.2, 0.25) is 0 Å². The average molecular weight is 297 g/mol. The number of carbonyl (C=O) groups is 1. The second kappa shape index (κ2) is 7.59. The van der Waals surface area contributed by atoms with E-state index in [0.29, 0.717) is 5.69 Å². The Kier molecular flexibility index (Phi) is 5.53. The fraction of sp³-hybridized carbons (Fsp3) is 0.333. The minimum atomic E-state index is -0.132. The molecular formula is C18H23N3O. The van der Waals surface area contributed by atoms with Crippen molar-refractivity contribution in [2.24, 2.45) is 0 Å². The van der Waals surface area contributed by atoms with E-state index in [1.165, 1.54) is 5.56 Å². The smallest absolute Gasteiger partial charge is 0.270 e. The Hall–Kier alpha value is -2.36. The average Bonchev–Trinajstić information content (AvgIpc) is 2.53. The van der Waals surface area contributed by atoms with Crippen LogP contribution in [-0.4, -0.2) is 23.5 Å². The SMILES string of the molecule is CCN(Cc1ccccc1)c1ccnc(C(=O)NC(C)C)c1. The maximum Gasteiger partial charge on any atom is 0.270 e. The fourth-order valence-electron chi connectivity index (χ4n) is 2.27. The van der Waals surface area contributed by atoms with Gasteiger partial charge in [0.2, 0.25) is 0 Å². The Morgan fingerprint density at radius 2 is 1.95 bits per heavy atom. The molecule has 4 heteroatoms. The molecule has 1 amide bonds. The van der Waals surface area contributed by atoms with Crippen molar-refractivity contribution in [2.45, 2.75) is 33.4 Å². The van der Waals surface area contributed by atoms with Gasteiger partial charge in [-0.3, -0.25) is 9.78 Å². The number of amides is 1. The highest BCUT2D eigenvalue weighted by molar-refractivity contribution is 5.93. The molecule has 22 heavy (non-hydrogen) atoms. The monoisotopic (exact) mass is 297 g/mol. The Balaban J connectivity index is 2.17. The largest absolute Gasteiger partial charge is 0.367 e. The Bertz CT molecular complexity index is 611. The number of rotatable bonds is 6. The zero-order valence-electron chi connectivity index (χ0n) is 13.4. The third kappa shape index (κ3) is 4.32. The molecule has 0 unspecified atom stereocenters. The van der Waals surface area contributed by atoms with Crippen molar-refractivity contribution in [2.75, 3.05) is 11.4 Å². The first kappa shape index (κ1) is 16.0. The van der Waals surface area contributed by atoms with Gasteiger partial charge in [-0.1, -0.05) is 30.3 Å². The van der Waals surface area contributed by atoms with Gasteiger partial charge in [0, 0.05) is 31.0 Å². The molecule has 0 atom stereocenters. The van der Waals surface area contributed by atoms with Gasteiger partial charge in [0.05, 0.1) is 0 Å². The highest BCUT2D eigenvalue weighted by Crippen LogP contribution is 2.17. The van der Waals surface area contributed by atoms with E-state index in [1.54, 1.807) is 6.20 Å². The van der Waals surface area contributed by atoms with Gasteiger partial charge in [-0.25, -0.2) is 0 Å². The lowest BCUT2D eigenvalue weighted by atomic mass is 10.2. The molecule has 0 saturated heterocycles. The first-order valence-corrected chi connectivity index (χ1v) is 7.66. The summed E-state index contributed by atoms with van der Waals surface area (Å²) in [5.74, 6) is -0.132. The Morgan fingerprint density at radius 1 is 1.23 bits per heavy atom. The van der Waals surface area contributed by atoms with Crippen LogP contribution < -0.4 is 10.2 Å². The quantitative estimate of drug-likeness (QED) is 0.890. The molecule has 0 radical (unpaired) electrons. The van der Waals surface area contributed by atoms with Crippen LogP contribution >= 0.6 is 0 Å². The first-order chi connectivity index (χ1) is 10.6. The lowest BCUT2D eigenvalue weighted by molar-refractivity contribution is 0.0938. The van der Waals surface area contributed by atoms with E-state index in [2.05, 4.69) is 34.3 Å². The second-order valence-corrected chi connectivity index (χ2v) is 5.53. The van der Waals surface area contributed by atoms with Crippen LogP contribution in [0.4, 0.5) is 5.69 Å². The third-order valence-electron chi connectivity index (χ3n) is 3.36. The van der Waals surface area contributed by atoms with Gasteiger partial charge in [-0.05, 0) is 38.5 Å². The van der Waals surface area contributed by atoms with E-state index in [-0.39, 0.29) is 11.9 Å². The van der Waals surface area contributed by atoms with Gasteiger partial charge in [0.15, 0.2) is 0 Å². The zero-order valence-corrected chi connectivity index (χ0v) is 13.4. The van der Waals surface area contributed by atoms with E-state index in [1.807, 2.05) is 44.2 Å². The number of carbonyl (C=O) groups excluding carboxylic acids is 1. The van der Waals surface area contributed by atoms with E-state index >= 15 is 0 Å². The topological polar surface area (TPSA) is 45.2 Å². The van der Waals surface area contributed by atoms with Crippen molar-refractivity contribution in [1.82, 2.24) is 10.3 Å². The maximum atomic E-state index is 12.1. The molecule has 1 aromatic heterocycles. The van der Waals surface area contributed by atoms with E-state index < -0.39 is 0 Å². The summed E-state index contributed by atoms with van der Waals surface area (Å²) >= 11 is 0. The number of hydrogen-bond acceptors (Lipinski definition) is 3. The van der Waals surface area contributed by atoms with E-state index in [4.69, 9.17) is 0 Å². The fourth-order valence-corrected chi connectivity index (χ4v) is 2.27. The number of nitrogens with one attached hydrogen (secondary N) is 1. The van der Waals surface area contributed by atoms with Crippen LogP contribution in [-0.2, 0) is 6.54 Å². The molecule has 0 bridgehead atoms. The van der Waals surface area contributed by atoms with E-state index in [0.717, 1.165) is 18.8 Å². The van der Waals surface area contributed by atoms with Gasteiger partial charge in [-0.2, -0.15) is 0 Å². The van der Waals surface area contributed by atoms with Crippen molar-refractivity contribution in [3.05, 3.63) is 59.9 Å². The number of aromatic nitrogens is 1. The van der Waals surface area contributed by atoms with Gasteiger partial charge < -0.3 is 10.2 Å². The van der Waals surface area contributed by atoms with Gasteiger partial charge in [-0.15, -0.1) is 0 Å². The van der Waals surface area contributed by atoms with Crippen molar-refractivity contribution < 1.29 is 4.79 Å². The predicted octanol–water partition coefficient (Wildman–Crippen LogP) is 3.25. The summed E-state index contributed by atoms with van der Waals surface area (Å²) in [6.45, 7) is 7.67. The normalized spacial score (nSPS) is 10.5. The molecule has 0 fully saturated rings. The number of anilines is 1. The summed E-state index contributed by atoms with van der Waals surface area (Å²) in [7, 11) is 0. The zero-order chi connectivity index (χ0) is 15.9. The van der Waals surface area contributed by atoms with Crippen molar-refractivity contribution in [3.63, 3.8) is 0 Å². The molecule has 0 aliphatic heterocycles. The summed E-state index contributed by atoms with van der Waals surface area (Å²) < 4.78 is 0. The second-order valence-electron chi connectivity index (χ2n) is 5.53. The number of benzene rings is 1. The number of pyridine rings is 1. The molecule has 0 saturated carbocycles. The van der Waals surface area contributed by atoms with Crippen molar-refractivity contribution in [3.8, 4) is 0 Å². The highest BCUT2D eigenvalue weighted by atomic mass is 16.1. The van der Waals surface area contributed by atoms with Crippen molar-refractivity contribution in [1.29, 1.82) is 0 Å². The lowest BCUT2D eigenvalue weighted by Crippen LogP contribution is -2.31.